The average Bonchev–Trinajstić information content (AvgIpc) is 3.05. The molecule has 1 N–H and O–H groups in total. The molecule has 1 aliphatic rings. The molecule has 0 spiro atoms. The van der Waals surface area contributed by atoms with Gasteiger partial charge in [0.05, 0.1) is 18.0 Å². The van der Waals surface area contributed by atoms with Gasteiger partial charge in [-0.05, 0) is 29.8 Å². The van der Waals surface area contributed by atoms with Gasteiger partial charge in [0.2, 0.25) is 0 Å². The topological polar surface area (TPSA) is 66.8 Å². The number of carbonyl (C=O) groups excluding carboxylic acids is 1. The summed E-state index contributed by atoms with van der Waals surface area (Å²) < 4.78 is 18.7. The zero-order valence-electron chi connectivity index (χ0n) is 12.1. The highest BCUT2D eigenvalue weighted by atomic mass is 32.1. The number of amides is 1. The third-order valence-electron chi connectivity index (χ3n) is 3.62. The number of rotatable bonds is 3. The van der Waals surface area contributed by atoms with Crippen LogP contribution in [0.5, 0.6) is 0 Å². The zero-order chi connectivity index (χ0) is 16.4. The van der Waals surface area contributed by atoms with Crippen LogP contribution < -0.4 is 0 Å². The molecule has 3 rings (SSSR count). The minimum atomic E-state index is -1.04. The number of carboxylic acid groups (broad SMARTS) is 1. The summed E-state index contributed by atoms with van der Waals surface area (Å²) in [6.45, 7) is 1.17. The van der Waals surface area contributed by atoms with E-state index in [0.29, 0.717) is 24.6 Å². The normalized spacial score (nSPS) is 18.0. The number of hydrogen-bond acceptors (Lipinski definition) is 4. The average molecular weight is 335 g/mol. The molecule has 1 amide bonds. The number of halogens is 1. The largest absolute Gasteiger partial charge is 0.477 e. The van der Waals surface area contributed by atoms with Crippen molar-refractivity contribution in [1.29, 1.82) is 0 Å². The van der Waals surface area contributed by atoms with Crippen LogP contribution in [-0.2, 0) is 4.74 Å². The molecule has 1 unspecified atom stereocenters. The smallest absolute Gasteiger partial charge is 0.345 e. The summed E-state index contributed by atoms with van der Waals surface area (Å²) in [5.74, 6) is -1.57. The van der Waals surface area contributed by atoms with Crippen LogP contribution in [0.1, 0.15) is 31.0 Å². The Kier molecular flexibility index (Phi) is 4.40. The highest BCUT2D eigenvalue weighted by molar-refractivity contribution is 7.15. The van der Waals surface area contributed by atoms with Gasteiger partial charge < -0.3 is 14.7 Å². The molecular weight excluding hydrogens is 321 g/mol. The predicted octanol–water partition coefficient (Wildman–Crippen LogP) is 2.80. The van der Waals surface area contributed by atoms with Gasteiger partial charge >= 0.3 is 5.97 Å². The standard InChI is InChI=1S/C16H14FNO4S/c17-11-3-1-10(2-4-11)12-9-18(7-8-22-12)15(19)13-5-6-14(23-13)16(20)21/h1-6,12H,7-9H2,(H,20,21). The van der Waals surface area contributed by atoms with Crippen LogP contribution in [0.2, 0.25) is 0 Å². The molecule has 1 atom stereocenters. The van der Waals surface area contributed by atoms with Gasteiger partial charge in [0, 0.05) is 6.54 Å². The molecular formula is C16H14FNO4S. The van der Waals surface area contributed by atoms with E-state index in [1.807, 2.05) is 0 Å². The molecule has 0 bridgehead atoms. The van der Waals surface area contributed by atoms with Crippen molar-refractivity contribution in [2.24, 2.45) is 0 Å². The molecule has 0 saturated carbocycles. The molecule has 1 aromatic heterocycles. The van der Waals surface area contributed by atoms with Crippen molar-refractivity contribution in [1.82, 2.24) is 4.90 Å². The Morgan fingerprint density at radius 3 is 2.52 bits per heavy atom. The van der Waals surface area contributed by atoms with Gasteiger partial charge in [0.15, 0.2) is 0 Å². The quantitative estimate of drug-likeness (QED) is 0.937. The number of ether oxygens (including phenoxy) is 1. The molecule has 7 heteroatoms. The van der Waals surface area contributed by atoms with E-state index >= 15 is 0 Å². The first-order chi connectivity index (χ1) is 11.0. The van der Waals surface area contributed by atoms with Crippen LogP contribution >= 0.6 is 11.3 Å². The van der Waals surface area contributed by atoms with Crippen LogP contribution in [0.4, 0.5) is 4.39 Å². The first-order valence-corrected chi connectivity index (χ1v) is 7.85. The van der Waals surface area contributed by atoms with E-state index < -0.39 is 5.97 Å². The lowest BCUT2D eigenvalue weighted by Crippen LogP contribution is -2.42. The summed E-state index contributed by atoms with van der Waals surface area (Å²) in [6, 6.07) is 8.95. The maximum atomic E-state index is 13.0. The minimum Gasteiger partial charge on any atom is -0.477 e. The molecule has 23 heavy (non-hydrogen) atoms. The molecule has 1 saturated heterocycles. The Morgan fingerprint density at radius 2 is 1.87 bits per heavy atom. The van der Waals surface area contributed by atoms with Gasteiger partial charge in [-0.1, -0.05) is 12.1 Å². The maximum absolute atomic E-state index is 13.0. The van der Waals surface area contributed by atoms with Crippen molar-refractivity contribution < 1.29 is 23.8 Å². The highest BCUT2D eigenvalue weighted by Crippen LogP contribution is 2.25. The summed E-state index contributed by atoms with van der Waals surface area (Å²) in [6.07, 6.45) is -0.313. The molecule has 5 nitrogen and oxygen atoms in total. The fraction of sp³-hybridized carbons (Fsp3) is 0.250. The Hall–Kier alpha value is -2.25. The van der Waals surface area contributed by atoms with E-state index in [4.69, 9.17) is 9.84 Å². The van der Waals surface area contributed by atoms with E-state index in [2.05, 4.69) is 0 Å². The van der Waals surface area contributed by atoms with Gasteiger partial charge in [-0.25, -0.2) is 9.18 Å². The van der Waals surface area contributed by atoms with Crippen molar-refractivity contribution in [2.45, 2.75) is 6.10 Å². The molecule has 1 aromatic carbocycles. The molecule has 0 radical (unpaired) electrons. The number of carbonyl (C=O) groups is 2. The van der Waals surface area contributed by atoms with E-state index in [-0.39, 0.29) is 22.7 Å². The minimum absolute atomic E-state index is 0.136. The summed E-state index contributed by atoms with van der Waals surface area (Å²) in [5, 5.41) is 8.94. The number of carboxylic acids is 1. The third kappa shape index (κ3) is 3.40. The van der Waals surface area contributed by atoms with Crippen LogP contribution in [0.15, 0.2) is 36.4 Å². The molecule has 1 aliphatic heterocycles. The van der Waals surface area contributed by atoms with Crippen molar-refractivity contribution in [2.75, 3.05) is 19.7 Å². The fourth-order valence-corrected chi connectivity index (χ4v) is 3.25. The van der Waals surface area contributed by atoms with Crippen molar-refractivity contribution in [3.8, 4) is 0 Å². The zero-order valence-corrected chi connectivity index (χ0v) is 12.9. The van der Waals surface area contributed by atoms with Crippen molar-refractivity contribution in [3.63, 3.8) is 0 Å². The van der Waals surface area contributed by atoms with Crippen LogP contribution in [-0.4, -0.2) is 41.6 Å². The van der Waals surface area contributed by atoms with Gasteiger partial charge in [0.1, 0.15) is 16.8 Å². The van der Waals surface area contributed by atoms with Crippen LogP contribution in [0.3, 0.4) is 0 Å². The summed E-state index contributed by atoms with van der Waals surface area (Å²) in [5.41, 5.74) is 0.807. The Bertz CT molecular complexity index is 728. The fourth-order valence-electron chi connectivity index (χ4n) is 2.44. The molecule has 2 heterocycles. The summed E-state index contributed by atoms with van der Waals surface area (Å²) in [4.78, 5) is 25.6. The van der Waals surface area contributed by atoms with E-state index in [0.717, 1.165) is 16.9 Å². The van der Waals surface area contributed by atoms with Crippen LogP contribution in [0, 0.1) is 5.82 Å². The van der Waals surface area contributed by atoms with Crippen LogP contribution in [0.25, 0.3) is 0 Å². The van der Waals surface area contributed by atoms with Gasteiger partial charge in [-0.15, -0.1) is 11.3 Å². The van der Waals surface area contributed by atoms with E-state index in [1.165, 1.54) is 24.3 Å². The SMILES string of the molecule is O=C(O)c1ccc(C(=O)N2CCOC(c3ccc(F)cc3)C2)s1. The maximum Gasteiger partial charge on any atom is 0.345 e. The second kappa shape index (κ2) is 6.47. The number of aromatic carboxylic acids is 1. The lowest BCUT2D eigenvalue weighted by Gasteiger charge is -2.33. The first kappa shape index (κ1) is 15.6. The number of benzene rings is 1. The summed E-state index contributed by atoms with van der Waals surface area (Å²) in [7, 11) is 0. The highest BCUT2D eigenvalue weighted by Gasteiger charge is 2.27. The molecule has 2 aromatic rings. The number of thiophene rings is 1. The van der Waals surface area contributed by atoms with Crippen molar-refractivity contribution in [3.05, 3.63) is 57.5 Å². The second-order valence-electron chi connectivity index (χ2n) is 5.13. The summed E-state index contributed by atoms with van der Waals surface area (Å²) >= 11 is 0.961. The number of hydrogen-bond donors (Lipinski definition) is 1. The van der Waals surface area contributed by atoms with Crippen molar-refractivity contribution >= 4 is 23.2 Å². The lowest BCUT2D eigenvalue weighted by molar-refractivity contribution is -0.0226. The van der Waals surface area contributed by atoms with E-state index in [9.17, 15) is 14.0 Å². The molecule has 1 fully saturated rings. The third-order valence-corrected chi connectivity index (χ3v) is 4.68. The number of nitrogens with zero attached hydrogens (tertiary/aromatic N) is 1. The van der Waals surface area contributed by atoms with Gasteiger partial charge in [0.25, 0.3) is 5.91 Å². The molecule has 0 aliphatic carbocycles. The monoisotopic (exact) mass is 335 g/mol. The lowest BCUT2D eigenvalue weighted by atomic mass is 10.1. The second-order valence-corrected chi connectivity index (χ2v) is 6.21. The van der Waals surface area contributed by atoms with Gasteiger partial charge in [-0.2, -0.15) is 0 Å². The number of morpholine rings is 1. The predicted molar refractivity (Wildman–Crippen MR) is 82.3 cm³/mol. The Morgan fingerprint density at radius 1 is 1.17 bits per heavy atom. The van der Waals surface area contributed by atoms with E-state index in [1.54, 1.807) is 17.0 Å². The first-order valence-electron chi connectivity index (χ1n) is 7.04. The Balaban J connectivity index is 1.73. The molecule has 120 valence electrons. The Labute approximate surface area is 135 Å². The van der Waals surface area contributed by atoms with Gasteiger partial charge in [-0.3, -0.25) is 4.79 Å².